The van der Waals surface area contributed by atoms with Crippen molar-refractivity contribution in [2.45, 2.75) is 13.5 Å². The summed E-state index contributed by atoms with van der Waals surface area (Å²) in [7, 11) is 0. The number of benzene rings is 2. The van der Waals surface area contributed by atoms with Crippen molar-refractivity contribution >= 4 is 28.0 Å². The van der Waals surface area contributed by atoms with E-state index in [2.05, 4.69) is 61.7 Å². The third kappa shape index (κ3) is 2.89. The standard InChI is InChI=1S/C20H17N7/c1-13-3-2-4-14(7-13)9-21-20-22-11-18-19(25-20)27(12-23-18)16-6-5-15-10-24-26-17(15)8-16/h2-8,10-12H,9H2,1H3,(H,24,26)(H,21,22,25). The summed E-state index contributed by atoms with van der Waals surface area (Å²) in [5, 5.41) is 11.4. The Balaban J connectivity index is 1.48. The van der Waals surface area contributed by atoms with Crippen LogP contribution in [0.25, 0.3) is 27.8 Å². The number of nitrogens with zero attached hydrogens (tertiary/aromatic N) is 5. The van der Waals surface area contributed by atoms with Gasteiger partial charge in [-0.25, -0.2) is 9.97 Å². The predicted octanol–water partition coefficient (Wildman–Crippen LogP) is 3.61. The molecule has 0 amide bonds. The van der Waals surface area contributed by atoms with E-state index in [0.29, 0.717) is 12.5 Å². The minimum absolute atomic E-state index is 0.577. The van der Waals surface area contributed by atoms with Gasteiger partial charge in [0.05, 0.1) is 23.6 Å². The van der Waals surface area contributed by atoms with Gasteiger partial charge in [-0.1, -0.05) is 29.8 Å². The molecule has 0 aliphatic heterocycles. The van der Waals surface area contributed by atoms with Crippen molar-refractivity contribution in [3.8, 4) is 5.69 Å². The molecule has 0 radical (unpaired) electrons. The average Bonchev–Trinajstić information content (AvgIpc) is 3.32. The number of hydrogen-bond acceptors (Lipinski definition) is 5. The van der Waals surface area contributed by atoms with Crippen molar-refractivity contribution in [2.24, 2.45) is 0 Å². The topological polar surface area (TPSA) is 84.3 Å². The van der Waals surface area contributed by atoms with E-state index in [0.717, 1.165) is 27.8 Å². The van der Waals surface area contributed by atoms with Gasteiger partial charge in [0.2, 0.25) is 5.95 Å². The van der Waals surface area contributed by atoms with Crippen LogP contribution < -0.4 is 5.32 Å². The molecule has 0 fully saturated rings. The first-order valence-electron chi connectivity index (χ1n) is 8.69. The molecule has 0 atom stereocenters. The molecule has 132 valence electrons. The molecular formula is C20H17N7. The summed E-state index contributed by atoms with van der Waals surface area (Å²) in [5.41, 5.74) is 5.88. The van der Waals surface area contributed by atoms with E-state index in [1.165, 1.54) is 11.1 Å². The highest BCUT2D eigenvalue weighted by Crippen LogP contribution is 2.20. The van der Waals surface area contributed by atoms with E-state index in [1.807, 2.05) is 22.8 Å². The molecule has 7 nitrogen and oxygen atoms in total. The molecule has 3 heterocycles. The fourth-order valence-corrected chi connectivity index (χ4v) is 3.16. The van der Waals surface area contributed by atoms with Crippen LogP contribution in [0, 0.1) is 6.92 Å². The van der Waals surface area contributed by atoms with Crippen molar-refractivity contribution in [3.05, 3.63) is 72.3 Å². The van der Waals surface area contributed by atoms with Crippen molar-refractivity contribution in [1.82, 2.24) is 29.7 Å². The maximum atomic E-state index is 4.67. The van der Waals surface area contributed by atoms with Gasteiger partial charge in [-0.15, -0.1) is 0 Å². The fraction of sp³-hybridized carbons (Fsp3) is 0.100. The second-order valence-corrected chi connectivity index (χ2v) is 6.50. The first-order chi connectivity index (χ1) is 13.3. The maximum Gasteiger partial charge on any atom is 0.225 e. The van der Waals surface area contributed by atoms with Gasteiger partial charge >= 0.3 is 0 Å². The van der Waals surface area contributed by atoms with Gasteiger partial charge in [0, 0.05) is 11.9 Å². The third-order valence-corrected chi connectivity index (χ3v) is 4.53. The largest absolute Gasteiger partial charge is 0.350 e. The van der Waals surface area contributed by atoms with E-state index in [-0.39, 0.29) is 0 Å². The van der Waals surface area contributed by atoms with Crippen LogP contribution in [0.15, 0.2) is 61.2 Å². The fourth-order valence-electron chi connectivity index (χ4n) is 3.16. The smallest absolute Gasteiger partial charge is 0.225 e. The average molecular weight is 355 g/mol. The van der Waals surface area contributed by atoms with Gasteiger partial charge in [-0.2, -0.15) is 10.1 Å². The molecule has 7 heteroatoms. The van der Waals surface area contributed by atoms with Crippen LogP contribution in [0.3, 0.4) is 0 Å². The SMILES string of the molecule is Cc1cccc(CNc2ncc3ncn(-c4ccc5cn[nH]c5c4)c3n2)c1. The molecule has 0 saturated heterocycles. The molecule has 0 aliphatic rings. The van der Waals surface area contributed by atoms with Crippen molar-refractivity contribution in [2.75, 3.05) is 5.32 Å². The summed E-state index contributed by atoms with van der Waals surface area (Å²) in [4.78, 5) is 13.5. The number of anilines is 1. The number of aromatic amines is 1. The van der Waals surface area contributed by atoms with Crippen LogP contribution >= 0.6 is 0 Å². The lowest BCUT2D eigenvalue weighted by Gasteiger charge is -2.07. The van der Waals surface area contributed by atoms with Crippen LogP contribution in [0.1, 0.15) is 11.1 Å². The Kier molecular flexibility index (Phi) is 3.57. The van der Waals surface area contributed by atoms with Gasteiger partial charge in [0.15, 0.2) is 5.65 Å². The zero-order valence-electron chi connectivity index (χ0n) is 14.7. The van der Waals surface area contributed by atoms with Gasteiger partial charge in [-0.05, 0) is 30.7 Å². The van der Waals surface area contributed by atoms with Gasteiger partial charge in [0.25, 0.3) is 0 Å². The zero-order chi connectivity index (χ0) is 18.2. The number of imidazole rings is 1. The quantitative estimate of drug-likeness (QED) is 0.514. The number of aromatic nitrogens is 6. The first kappa shape index (κ1) is 15.5. The van der Waals surface area contributed by atoms with E-state index >= 15 is 0 Å². The summed E-state index contributed by atoms with van der Waals surface area (Å²) in [6.07, 6.45) is 5.31. The molecule has 0 unspecified atom stereocenters. The molecule has 0 spiro atoms. The van der Waals surface area contributed by atoms with Gasteiger partial charge in [-0.3, -0.25) is 9.67 Å². The second kappa shape index (κ2) is 6.21. The van der Waals surface area contributed by atoms with Crippen LogP contribution in [0.4, 0.5) is 5.95 Å². The Morgan fingerprint density at radius 2 is 2.04 bits per heavy atom. The summed E-state index contributed by atoms with van der Waals surface area (Å²) in [6.45, 7) is 2.75. The predicted molar refractivity (Wildman–Crippen MR) is 105 cm³/mol. The molecule has 0 aliphatic carbocycles. The van der Waals surface area contributed by atoms with E-state index in [9.17, 15) is 0 Å². The lowest BCUT2D eigenvalue weighted by molar-refractivity contribution is 1.03. The van der Waals surface area contributed by atoms with Crippen molar-refractivity contribution in [1.29, 1.82) is 0 Å². The number of hydrogen-bond donors (Lipinski definition) is 2. The molecular weight excluding hydrogens is 338 g/mol. The number of aryl methyl sites for hydroxylation is 1. The minimum Gasteiger partial charge on any atom is -0.350 e. The normalized spacial score (nSPS) is 11.3. The van der Waals surface area contributed by atoms with E-state index in [4.69, 9.17) is 0 Å². The Morgan fingerprint density at radius 1 is 1.07 bits per heavy atom. The third-order valence-electron chi connectivity index (χ3n) is 4.53. The highest BCUT2D eigenvalue weighted by Gasteiger charge is 2.09. The molecule has 5 aromatic rings. The highest BCUT2D eigenvalue weighted by molar-refractivity contribution is 5.81. The zero-order valence-corrected chi connectivity index (χ0v) is 14.7. The number of rotatable bonds is 4. The molecule has 5 rings (SSSR count). The second-order valence-electron chi connectivity index (χ2n) is 6.50. The molecule has 3 aromatic heterocycles. The van der Waals surface area contributed by atoms with Crippen LogP contribution in [-0.4, -0.2) is 29.7 Å². The molecule has 2 N–H and O–H groups in total. The molecule has 27 heavy (non-hydrogen) atoms. The summed E-state index contributed by atoms with van der Waals surface area (Å²) in [5.74, 6) is 0.577. The minimum atomic E-state index is 0.577. The summed E-state index contributed by atoms with van der Waals surface area (Å²) < 4.78 is 1.95. The first-order valence-corrected chi connectivity index (χ1v) is 8.69. The number of nitrogens with one attached hydrogen (secondary N) is 2. The van der Waals surface area contributed by atoms with Crippen LogP contribution in [0.2, 0.25) is 0 Å². The molecule has 0 saturated carbocycles. The number of fused-ring (bicyclic) bond motifs is 2. The van der Waals surface area contributed by atoms with Gasteiger partial charge in [0.1, 0.15) is 11.8 Å². The van der Waals surface area contributed by atoms with Crippen LogP contribution in [0.5, 0.6) is 0 Å². The maximum absolute atomic E-state index is 4.67. The van der Waals surface area contributed by atoms with E-state index in [1.54, 1.807) is 18.7 Å². The highest BCUT2D eigenvalue weighted by atomic mass is 15.2. The Bertz CT molecular complexity index is 1250. The Morgan fingerprint density at radius 3 is 2.96 bits per heavy atom. The Labute approximate surface area is 155 Å². The lowest BCUT2D eigenvalue weighted by Crippen LogP contribution is -2.04. The molecule has 0 bridgehead atoms. The Hall–Kier alpha value is -3.74. The van der Waals surface area contributed by atoms with Crippen LogP contribution in [-0.2, 0) is 6.54 Å². The summed E-state index contributed by atoms with van der Waals surface area (Å²) in [6, 6.07) is 14.5. The van der Waals surface area contributed by atoms with Gasteiger partial charge < -0.3 is 5.32 Å². The number of H-pyrrole nitrogens is 1. The summed E-state index contributed by atoms with van der Waals surface area (Å²) >= 11 is 0. The molecule has 2 aromatic carbocycles. The lowest BCUT2D eigenvalue weighted by atomic mass is 10.1. The van der Waals surface area contributed by atoms with E-state index < -0.39 is 0 Å². The monoisotopic (exact) mass is 355 g/mol. The van der Waals surface area contributed by atoms with Crippen molar-refractivity contribution < 1.29 is 0 Å². The van der Waals surface area contributed by atoms with Crippen molar-refractivity contribution in [3.63, 3.8) is 0 Å².